The fraction of sp³-hybridized carbons (Fsp3) is 0.364. The maximum absolute atomic E-state index is 4.51. The van der Waals surface area contributed by atoms with Crippen LogP contribution in [0.4, 0.5) is 5.82 Å². The van der Waals surface area contributed by atoms with Crippen LogP contribution in [0.25, 0.3) is 10.7 Å². The normalized spacial score (nSPS) is 10.5. The molecule has 0 amide bonds. The molecule has 2 aromatic heterocycles. The summed E-state index contributed by atoms with van der Waals surface area (Å²) < 4.78 is 0.930. The molecule has 0 saturated carbocycles. The predicted molar refractivity (Wildman–Crippen MR) is 74.4 cm³/mol. The van der Waals surface area contributed by atoms with Gasteiger partial charge in [-0.25, -0.2) is 9.97 Å². The summed E-state index contributed by atoms with van der Waals surface area (Å²) in [5, 5.41) is 3.29. The molecule has 0 radical (unpaired) electrons. The molecule has 0 aromatic carbocycles. The summed E-state index contributed by atoms with van der Waals surface area (Å²) in [6.45, 7) is 4.99. The van der Waals surface area contributed by atoms with Gasteiger partial charge >= 0.3 is 0 Å². The van der Waals surface area contributed by atoms with Crippen molar-refractivity contribution in [3.05, 3.63) is 21.9 Å². The number of hydrogen-bond donors (Lipinski definition) is 1. The first-order valence-corrected chi connectivity index (χ1v) is 7.06. The Labute approximate surface area is 113 Å². The van der Waals surface area contributed by atoms with E-state index in [9.17, 15) is 0 Å². The lowest BCUT2D eigenvalue weighted by molar-refractivity contribution is 0.959. The van der Waals surface area contributed by atoms with E-state index >= 15 is 0 Å². The highest BCUT2D eigenvalue weighted by Crippen LogP contribution is 2.27. The van der Waals surface area contributed by atoms with Gasteiger partial charge in [0.25, 0.3) is 0 Å². The van der Waals surface area contributed by atoms with Gasteiger partial charge in [0.1, 0.15) is 5.82 Å². The number of thiazole rings is 1. The Hall–Kier alpha value is -1.01. The molecular formula is C11H13BrN4S. The fourth-order valence-corrected chi connectivity index (χ4v) is 2.23. The van der Waals surface area contributed by atoms with Gasteiger partial charge < -0.3 is 5.32 Å². The van der Waals surface area contributed by atoms with Gasteiger partial charge in [-0.15, -0.1) is 11.3 Å². The molecule has 0 bridgehead atoms. The van der Waals surface area contributed by atoms with Crippen LogP contribution in [0.15, 0.2) is 16.2 Å². The van der Waals surface area contributed by atoms with Crippen LogP contribution in [0, 0.1) is 6.92 Å². The molecule has 4 nitrogen and oxygen atoms in total. The summed E-state index contributed by atoms with van der Waals surface area (Å²) in [6, 6.07) is 0. The Kier molecular flexibility index (Phi) is 4.06. The standard InChI is InChI=1S/C11H13BrN4S/c1-3-4-14-11-9(12)7(2)15-10(16-11)8-5-13-6-17-8/h5-6H,3-4H2,1-2H3,(H,14,15,16). The van der Waals surface area contributed by atoms with Gasteiger partial charge in [-0.05, 0) is 29.3 Å². The number of nitrogens with one attached hydrogen (secondary N) is 1. The molecule has 0 unspecified atom stereocenters. The molecule has 2 aromatic rings. The summed E-state index contributed by atoms with van der Waals surface area (Å²) in [5.41, 5.74) is 2.72. The van der Waals surface area contributed by atoms with Gasteiger partial charge in [-0.2, -0.15) is 0 Å². The second-order valence-electron chi connectivity index (χ2n) is 3.59. The molecule has 0 atom stereocenters. The first-order chi connectivity index (χ1) is 8.22. The molecule has 0 saturated heterocycles. The van der Waals surface area contributed by atoms with Crippen LogP contribution in [-0.2, 0) is 0 Å². The molecule has 90 valence electrons. The molecule has 6 heteroatoms. The summed E-state index contributed by atoms with van der Waals surface area (Å²) in [5.74, 6) is 1.58. The Balaban J connectivity index is 2.39. The van der Waals surface area contributed by atoms with Gasteiger partial charge in [-0.3, -0.25) is 4.98 Å². The molecule has 0 spiro atoms. The van der Waals surface area contributed by atoms with Crippen LogP contribution < -0.4 is 5.32 Å². The lowest BCUT2D eigenvalue weighted by atomic mass is 10.3. The zero-order chi connectivity index (χ0) is 12.3. The number of nitrogens with zero attached hydrogens (tertiary/aromatic N) is 3. The maximum atomic E-state index is 4.51. The van der Waals surface area contributed by atoms with Crippen molar-refractivity contribution in [3.8, 4) is 10.7 Å². The van der Waals surface area contributed by atoms with Crippen molar-refractivity contribution in [2.45, 2.75) is 20.3 Å². The zero-order valence-electron chi connectivity index (χ0n) is 9.70. The van der Waals surface area contributed by atoms with E-state index in [1.165, 1.54) is 0 Å². The van der Waals surface area contributed by atoms with Gasteiger partial charge in [0, 0.05) is 12.7 Å². The minimum Gasteiger partial charge on any atom is -0.369 e. The highest BCUT2D eigenvalue weighted by atomic mass is 79.9. The molecule has 0 aliphatic carbocycles. The van der Waals surface area contributed by atoms with Gasteiger partial charge in [0.15, 0.2) is 5.82 Å². The van der Waals surface area contributed by atoms with Gasteiger partial charge in [0.05, 0.1) is 20.6 Å². The number of halogens is 1. The molecule has 2 heterocycles. The molecule has 17 heavy (non-hydrogen) atoms. The lowest BCUT2D eigenvalue weighted by Crippen LogP contribution is -2.05. The van der Waals surface area contributed by atoms with E-state index < -0.39 is 0 Å². The van der Waals surface area contributed by atoms with Crippen LogP contribution in [0.5, 0.6) is 0 Å². The van der Waals surface area contributed by atoms with Crippen molar-refractivity contribution in [1.29, 1.82) is 0 Å². The first kappa shape index (κ1) is 12.4. The molecule has 0 aliphatic rings. The first-order valence-electron chi connectivity index (χ1n) is 5.39. The minimum absolute atomic E-state index is 0.729. The van der Waals surface area contributed by atoms with E-state index in [2.05, 4.69) is 43.1 Å². The van der Waals surface area contributed by atoms with Crippen molar-refractivity contribution in [3.63, 3.8) is 0 Å². The third-order valence-corrected chi connectivity index (χ3v) is 3.93. The lowest BCUT2D eigenvalue weighted by Gasteiger charge is -2.09. The van der Waals surface area contributed by atoms with Crippen molar-refractivity contribution in [2.75, 3.05) is 11.9 Å². The second-order valence-corrected chi connectivity index (χ2v) is 5.27. The van der Waals surface area contributed by atoms with Gasteiger partial charge in [-0.1, -0.05) is 6.92 Å². The molecule has 0 aliphatic heterocycles. The Morgan fingerprint density at radius 1 is 1.41 bits per heavy atom. The highest BCUT2D eigenvalue weighted by Gasteiger charge is 2.11. The Morgan fingerprint density at radius 3 is 2.88 bits per heavy atom. The van der Waals surface area contributed by atoms with E-state index in [0.717, 1.165) is 39.7 Å². The van der Waals surface area contributed by atoms with E-state index in [1.807, 2.05) is 6.92 Å². The number of rotatable bonds is 4. The SMILES string of the molecule is CCCNc1nc(-c2cncs2)nc(C)c1Br. The number of anilines is 1. The fourth-order valence-electron chi connectivity index (χ4n) is 1.36. The van der Waals surface area contributed by atoms with Crippen molar-refractivity contribution in [1.82, 2.24) is 15.0 Å². The zero-order valence-corrected chi connectivity index (χ0v) is 12.1. The van der Waals surface area contributed by atoms with Crippen molar-refractivity contribution >= 4 is 33.1 Å². The van der Waals surface area contributed by atoms with Crippen LogP contribution in [0.1, 0.15) is 19.0 Å². The van der Waals surface area contributed by atoms with E-state index in [4.69, 9.17) is 0 Å². The number of hydrogen-bond acceptors (Lipinski definition) is 5. The van der Waals surface area contributed by atoms with Crippen LogP contribution in [0.2, 0.25) is 0 Å². The summed E-state index contributed by atoms with van der Waals surface area (Å²) in [6.07, 6.45) is 2.85. The molecule has 2 rings (SSSR count). The summed E-state index contributed by atoms with van der Waals surface area (Å²) in [7, 11) is 0. The van der Waals surface area contributed by atoms with E-state index in [0.29, 0.717) is 0 Å². The number of aromatic nitrogens is 3. The highest BCUT2D eigenvalue weighted by molar-refractivity contribution is 9.10. The van der Waals surface area contributed by atoms with E-state index in [-0.39, 0.29) is 0 Å². The average molecular weight is 313 g/mol. The third kappa shape index (κ3) is 2.81. The van der Waals surface area contributed by atoms with Crippen LogP contribution in [-0.4, -0.2) is 21.5 Å². The molecule has 0 fully saturated rings. The molecular weight excluding hydrogens is 300 g/mol. The smallest absolute Gasteiger partial charge is 0.173 e. The van der Waals surface area contributed by atoms with Crippen LogP contribution >= 0.6 is 27.3 Å². The maximum Gasteiger partial charge on any atom is 0.173 e. The largest absolute Gasteiger partial charge is 0.369 e. The Morgan fingerprint density at radius 2 is 2.24 bits per heavy atom. The summed E-state index contributed by atoms with van der Waals surface area (Å²) in [4.78, 5) is 14.0. The topological polar surface area (TPSA) is 50.7 Å². The number of aryl methyl sites for hydroxylation is 1. The average Bonchev–Trinajstić information content (AvgIpc) is 2.84. The Bertz CT molecular complexity index is 498. The second kappa shape index (κ2) is 5.55. The monoisotopic (exact) mass is 312 g/mol. The summed E-state index contributed by atoms with van der Waals surface area (Å²) >= 11 is 5.05. The van der Waals surface area contributed by atoms with Crippen LogP contribution in [0.3, 0.4) is 0 Å². The minimum atomic E-state index is 0.729. The van der Waals surface area contributed by atoms with Crippen molar-refractivity contribution < 1.29 is 0 Å². The van der Waals surface area contributed by atoms with Crippen molar-refractivity contribution in [2.24, 2.45) is 0 Å². The quantitative estimate of drug-likeness (QED) is 0.939. The van der Waals surface area contributed by atoms with E-state index in [1.54, 1.807) is 23.0 Å². The molecule has 1 N–H and O–H groups in total. The third-order valence-electron chi connectivity index (χ3n) is 2.21. The predicted octanol–water partition coefficient (Wildman–Crippen LogP) is 3.49. The van der Waals surface area contributed by atoms with Gasteiger partial charge in [0.2, 0.25) is 0 Å².